The van der Waals surface area contributed by atoms with E-state index in [4.69, 9.17) is 0 Å². The first-order chi connectivity index (χ1) is 10.00. The summed E-state index contributed by atoms with van der Waals surface area (Å²) in [6.07, 6.45) is 5.28. The van der Waals surface area contributed by atoms with Crippen LogP contribution >= 0.6 is 11.3 Å². The maximum Gasteiger partial charge on any atom is 0.0239 e. The van der Waals surface area contributed by atoms with Gasteiger partial charge in [0.25, 0.3) is 0 Å². The highest BCUT2D eigenvalue weighted by atomic mass is 32.1. The Bertz CT molecular complexity index is 399. The Morgan fingerprint density at radius 1 is 1.43 bits per heavy atom. The van der Waals surface area contributed by atoms with Crippen molar-refractivity contribution in [3.8, 4) is 0 Å². The van der Waals surface area contributed by atoms with Crippen molar-refractivity contribution in [3.05, 3.63) is 22.4 Å². The maximum absolute atomic E-state index is 3.80. The number of hydrogen-bond acceptors (Lipinski definition) is 3. The summed E-state index contributed by atoms with van der Waals surface area (Å²) in [6, 6.07) is 2.96. The SMILES string of the molecule is CCCNC1CCC(C)(C)CC1CN(C)Cc1ccsc1. The van der Waals surface area contributed by atoms with Crippen molar-refractivity contribution < 1.29 is 0 Å². The zero-order valence-electron chi connectivity index (χ0n) is 14.2. The lowest BCUT2D eigenvalue weighted by molar-refractivity contribution is 0.107. The normalized spacial score (nSPS) is 25.4. The van der Waals surface area contributed by atoms with Crippen molar-refractivity contribution >= 4 is 11.3 Å². The van der Waals surface area contributed by atoms with E-state index >= 15 is 0 Å². The molecule has 0 aliphatic heterocycles. The lowest BCUT2D eigenvalue weighted by Gasteiger charge is -2.42. The van der Waals surface area contributed by atoms with E-state index in [0.29, 0.717) is 11.5 Å². The standard InChI is InChI=1S/C18H32N2S/c1-5-9-19-17-6-8-18(2,3)11-16(17)13-20(4)12-15-7-10-21-14-15/h7,10,14,16-17,19H,5-6,8-9,11-13H2,1-4H3. The highest BCUT2D eigenvalue weighted by molar-refractivity contribution is 7.07. The van der Waals surface area contributed by atoms with Crippen molar-refractivity contribution in [2.45, 2.75) is 59.0 Å². The minimum Gasteiger partial charge on any atom is -0.314 e. The summed E-state index contributed by atoms with van der Waals surface area (Å²) >= 11 is 1.80. The molecule has 1 fully saturated rings. The van der Waals surface area contributed by atoms with Crippen LogP contribution in [0, 0.1) is 11.3 Å². The number of nitrogens with zero attached hydrogens (tertiary/aromatic N) is 1. The monoisotopic (exact) mass is 308 g/mol. The second kappa shape index (κ2) is 7.75. The Kier molecular flexibility index (Phi) is 6.27. The minimum atomic E-state index is 0.512. The first-order valence-corrected chi connectivity index (χ1v) is 9.37. The summed E-state index contributed by atoms with van der Waals surface area (Å²) in [4.78, 5) is 2.51. The Hall–Kier alpha value is -0.380. The zero-order valence-corrected chi connectivity index (χ0v) is 15.0. The molecule has 0 radical (unpaired) electrons. The average Bonchev–Trinajstić information content (AvgIpc) is 2.89. The van der Waals surface area contributed by atoms with Gasteiger partial charge in [0.2, 0.25) is 0 Å². The number of hydrogen-bond donors (Lipinski definition) is 1. The summed E-state index contributed by atoms with van der Waals surface area (Å²) in [5.41, 5.74) is 1.97. The van der Waals surface area contributed by atoms with Gasteiger partial charge in [-0.1, -0.05) is 20.8 Å². The molecule has 1 aromatic rings. The third-order valence-electron chi connectivity index (χ3n) is 4.75. The first-order valence-electron chi connectivity index (χ1n) is 8.43. The molecular formula is C18H32N2S. The molecule has 1 aliphatic carbocycles. The summed E-state index contributed by atoms with van der Waals surface area (Å²) in [5.74, 6) is 0.781. The van der Waals surface area contributed by atoms with Gasteiger partial charge in [0.05, 0.1) is 0 Å². The smallest absolute Gasteiger partial charge is 0.0239 e. The Morgan fingerprint density at radius 2 is 2.24 bits per heavy atom. The largest absolute Gasteiger partial charge is 0.314 e. The number of thiophene rings is 1. The van der Waals surface area contributed by atoms with Crippen LogP contribution in [-0.4, -0.2) is 31.1 Å². The molecule has 1 aliphatic rings. The van der Waals surface area contributed by atoms with Crippen LogP contribution in [0.5, 0.6) is 0 Å². The third-order valence-corrected chi connectivity index (χ3v) is 5.48. The zero-order chi connectivity index (χ0) is 15.3. The molecule has 1 heterocycles. The molecular weight excluding hydrogens is 276 g/mol. The maximum atomic E-state index is 3.80. The summed E-state index contributed by atoms with van der Waals surface area (Å²) in [7, 11) is 2.27. The molecule has 120 valence electrons. The van der Waals surface area contributed by atoms with Gasteiger partial charge in [-0.05, 0) is 73.0 Å². The number of rotatable bonds is 7. The predicted octanol–water partition coefficient (Wildman–Crippen LogP) is 4.37. The topological polar surface area (TPSA) is 15.3 Å². The molecule has 1 N–H and O–H groups in total. The van der Waals surface area contributed by atoms with E-state index in [2.05, 4.69) is 54.9 Å². The van der Waals surface area contributed by atoms with Crippen LogP contribution in [0.3, 0.4) is 0 Å². The molecule has 2 atom stereocenters. The number of nitrogens with one attached hydrogen (secondary N) is 1. The average molecular weight is 309 g/mol. The Labute approximate surface area is 134 Å². The Balaban J connectivity index is 1.91. The van der Waals surface area contributed by atoms with Crippen molar-refractivity contribution in [1.82, 2.24) is 10.2 Å². The van der Waals surface area contributed by atoms with E-state index in [1.54, 1.807) is 11.3 Å². The van der Waals surface area contributed by atoms with E-state index in [1.165, 1.54) is 37.8 Å². The second-order valence-corrected chi connectivity index (χ2v) is 8.34. The van der Waals surface area contributed by atoms with Crippen LogP contribution < -0.4 is 5.32 Å². The third kappa shape index (κ3) is 5.39. The fraction of sp³-hybridized carbons (Fsp3) is 0.778. The molecule has 2 nitrogen and oxygen atoms in total. The van der Waals surface area contributed by atoms with Gasteiger partial charge in [-0.3, -0.25) is 0 Å². The van der Waals surface area contributed by atoms with Gasteiger partial charge < -0.3 is 10.2 Å². The van der Waals surface area contributed by atoms with Crippen LogP contribution in [-0.2, 0) is 6.54 Å². The van der Waals surface area contributed by atoms with Crippen molar-refractivity contribution in [3.63, 3.8) is 0 Å². The lowest BCUT2D eigenvalue weighted by Crippen LogP contribution is -2.47. The van der Waals surface area contributed by atoms with E-state index in [-0.39, 0.29) is 0 Å². The van der Waals surface area contributed by atoms with Gasteiger partial charge in [0.15, 0.2) is 0 Å². The molecule has 1 aromatic heterocycles. The minimum absolute atomic E-state index is 0.512. The van der Waals surface area contributed by atoms with E-state index < -0.39 is 0 Å². The van der Waals surface area contributed by atoms with Crippen molar-refractivity contribution in [1.29, 1.82) is 0 Å². The molecule has 1 saturated carbocycles. The van der Waals surface area contributed by atoms with E-state index in [1.807, 2.05) is 0 Å². The highest BCUT2D eigenvalue weighted by Crippen LogP contribution is 2.39. The van der Waals surface area contributed by atoms with Gasteiger partial charge in [-0.15, -0.1) is 0 Å². The lowest BCUT2D eigenvalue weighted by atomic mass is 9.69. The van der Waals surface area contributed by atoms with Crippen LogP contribution in [0.25, 0.3) is 0 Å². The molecule has 0 amide bonds. The van der Waals surface area contributed by atoms with E-state index in [9.17, 15) is 0 Å². The van der Waals surface area contributed by atoms with Crippen LogP contribution in [0.1, 0.15) is 52.0 Å². The first kappa shape index (κ1) is 17.0. The molecule has 3 heteroatoms. The fourth-order valence-corrected chi connectivity index (χ4v) is 4.35. The molecule has 0 bridgehead atoms. The van der Waals surface area contributed by atoms with Crippen LogP contribution in [0.4, 0.5) is 0 Å². The predicted molar refractivity (Wildman–Crippen MR) is 93.9 cm³/mol. The van der Waals surface area contributed by atoms with Crippen molar-refractivity contribution in [2.75, 3.05) is 20.1 Å². The summed E-state index contributed by atoms with van der Waals surface area (Å²) in [5, 5.41) is 8.25. The molecule has 0 spiro atoms. The van der Waals surface area contributed by atoms with E-state index in [0.717, 1.165) is 19.0 Å². The molecule has 0 aromatic carbocycles. The van der Waals surface area contributed by atoms with Gasteiger partial charge in [0.1, 0.15) is 0 Å². The quantitative estimate of drug-likeness (QED) is 0.804. The van der Waals surface area contributed by atoms with Crippen LogP contribution in [0.15, 0.2) is 16.8 Å². The van der Waals surface area contributed by atoms with Gasteiger partial charge in [-0.2, -0.15) is 11.3 Å². The van der Waals surface area contributed by atoms with Gasteiger partial charge in [0, 0.05) is 19.1 Å². The molecule has 2 rings (SSSR count). The molecule has 21 heavy (non-hydrogen) atoms. The van der Waals surface area contributed by atoms with Gasteiger partial charge >= 0.3 is 0 Å². The van der Waals surface area contributed by atoms with Crippen molar-refractivity contribution in [2.24, 2.45) is 11.3 Å². The Morgan fingerprint density at radius 3 is 2.90 bits per heavy atom. The summed E-state index contributed by atoms with van der Waals surface area (Å²) < 4.78 is 0. The summed E-state index contributed by atoms with van der Waals surface area (Å²) in [6.45, 7) is 10.6. The second-order valence-electron chi connectivity index (χ2n) is 7.56. The van der Waals surface area contributed by atoms with Crippen LogP contribution in [0.2, 0.25) is 0 Å². The fourth-order valence-electron chi connectivity index (χ4n) is 3.69. The molecule has 2 unspecified atom stereocenters. The highest BCUT2D eigenvalue weighted by Gasteiger charge is 2.34. The van der Waals surface area contributed by atoms with Gasteiger partial charge in [-0.25, -0.2) is 0 Å². The molecule has 0 saturated heterocycles.